The van der Waals surface area contributed by atoms with Crippen LogP contribution in [0.25, 0.3) is 0 Å². The molecule has 28 heavy (non-hydrogen) atoms. The van der Waals surface area contributed by atoms with Crippen molar-refractivity contribution in [3.8, 4) is 0 Å². The van der Waals surface area contributed by atoms with E-state index in [0.717, 1.165) is 18.4 Å². The highest BCUT2D eigenvalue weighted by Gasteiger charge is 2.28. The summed E-state index contributed by atoms with van der Waals surface area (Å²) >= 11 is 0. The molecule has 2 aromatic carbocycles. The molecule has 0 radical (unpaired) electrons. The first-order valence-electron chi connectivity index (χ1n) is 9.43. The minimum Gasteiger partial charge on any atom is -0.452 e. The molecule has 2 aromatic rings. The lowest BCUT2D eigenvalue weighted by atomic mass is 10.0. The molecule has 146 valence electrons. The Labute approximate surface area is 164 Å². The molecular formula is C22H24N2O4. The summed E-state index contributed by atoms with van der Waals surface area (Å²) in [6.45, 7) is 1.55. The van der Waals surface area contributed by atoms with E-state index in [2.05, 4.69) is 10.6 Å². The molecule has 0 spiro atoms. The number of benzene rings is 2. The molecule has 2 atom stereocenters. The van der Waals surface area contributed by atoms with Gasteiger partial charge in [-0.25, -0.2) is 0 Å². The third-order valence-corrected chi connectivity index (χ3v) is 4.52. The summed E-state index contributed by atoms with van der Waals surface area (Å²) in [5.41, 5.74) is 1.30. The Bertz CT molecular complexity index is 819. The molecule has 1 aliphatic carbocycles. The number of hydrogen-bond acceptors (Lipinski definition) is 4. The monoisotopic (exact) mass is 380 g/mol. The highest BCUT2D eigenvalue weighted by Crippen LogP contribution is 2.20. The maximum Gasteiger partial charge on any atom is 0.309 e. The summed E-state index contributed by atoms with van der Waals surface area (Å²) in [5.74, 6) is -1.11. The van der Waals surface area contributed by atoms with Gasteiger partial charge in [-0.2, -0.15) is 0 Å². The van der Waals surface area contributed by atoms with E-state index in [1.807, 2.05) is 36.4 Å². The Hall–Kier alpha value is -3.15. The molecule has 1 saturated carbocycles. The zero-order valence-corrected chi connectivity index (χ0v) is 15.8. The Morgan fingerprint density at radius 2 is 1.61 bits per heavy atom. The zero-order valence-electron chi connectivity index (χ0n) is 15.8. The molecule has 3 rings (SSSR count). The van der Waals surface area contributed by atoms with Gasteiger partial charge in [-0.3, -0.25) is 14.4 Å². The van der Waals surface area contributed by atoms with Gasteiger partial charge in [-0.1, -0.05) is 48.5 Å². The van der Waals surface area contributed by atoms with Crippen LogP contribution in [0.15, 0.2) is 60.7 Å². The molecule has 0 aromatic heterocycles. The van der Waals surface area contributed by atoms with Crippen LogP contribution in [0.4, 0.5) is 0 Å². The molecule has 0 bridgehead atoms. The van der Waals surface area contributed by atoms with Crippen molar-refractivity contribution in [2.24, 2.45) is 0 Å². The Morgan fingerprint density at radius 1 is 1.00 bits per heavy atom. The topological polar surface area (TPSA) is 84.5 Å². The second kappa shape index (κ2) is 9.17. The molecule has 0 aliphatic heterocycles. The van der Waals surface area contributed by atoms with Crippen molar-refractivity contribution < 1.29 is 19.1 Å². The van der Waals surface area contributed by atoms with E-state index in [1.165, 1.54) is 0 Å². The molecule has 6 nitrogen and oxygen atoms in total. The van der Waals surface area contributed by atoms with E-state index in [9.17, 15) is 14.4 Å². The van der Waals surface area contributed by atoms with Crippen LogP contribution in [0, 0.1) is 0 Å². The fraction of sp³-hybridized carbons (Fsp3) is 0.318. The predicted molar refractivity (Wildman–Crippen MR) is 104 cm³/mol. The molecule has 0 heterocycles. The highest BCUT2D eigenvalue weighted by molar-refractivity contribution is 5.94. The normalized spacial score (nSPS) is 15.2. The number of esters is 1. The van der Waals surface area contributed by atoms with Crippen molar-refractivity contribution >= 4 is 17.8 Å². The van der Waals surface area contributed by atoms with Crippen LogP contribution in [0.5, 0.6) is 0 Å². The van der Waals surface area contributed by atoms with Crippen LogP contribution >= 0.6 is 0 Å². The van der Waals surface area contributed by atoms with E-state index in [-0.39, 0.29) is 24.3 Å². The number of carbonyl (C=O) groups excluding carboxylic acids is 3. The average molecular weight is 380 g/mol. The van der Waals surface area contributed by atoms with E-state index < -0.39 is 18.1 Å². The van der Waals surface area contributed by atoms with Crippen LogP contribution < -0.4 is 10.6 Å². The third-order valence-electron chi connectivity index (χ3n) is 4.52. The lowest BCUT2D eigenvalue weighted by Gasteiger charge is -2.20. The number of nitrogens with one attached hydrogen (secondary N) is 2. The van der Waals surface area contributed by atoms with Gasteiger partial charge in [0.2, 0.25) is 0 Å². The van der Waals surface area contributed by atoms with Gasteiger partial charge in [0.25, 0.3) is 11.8 Å². The number of ether oxygens (including phenoxy) is 1. The number of carbonyl (C=O) groups is 3. The highest BCUT2D eigenvalue weighted by atomic mass is 16.5. The summed E-state index contributed by atoms with van der Waals surface area (Å²) in [7, 11) is 0. The minimum absolute atomic E-state index is 0.0658. The van der Waals surface area contributed by atoms with Crippen molar-refractivity contribution in [2.75, 3.05) is 0 Å². The quantitative estimate of drug-likeness (QED) is 0.690. The van der Waals surface area contributed by atoms with E-state index in [4.69, 9.17) is 4.74 Å². The molecule has 1 aliphatic rings. The summed E-state index contributed by atoms with van der Waals surface area (Å²) in [6, 6.07) is 17.7. The summed E-state index contributed by atoms with van der Waals surface area (Å²) < 4.78 is 5.28. The summed E-state index contributed by atoms with van der Waals surface area (Å²) in [4.78, 5) is 36.9. The van der Waals surface area contributed by atoms with Crippen molar-refractivity contribution in [3.63, 3.8) is 0 Å². The van der Waals surface area contributed by atoms with Gasteiger partial charge in [-0.05, 0) is 37.5 Å². The largest absolute Gasteiger partial charge is 0.452 e. The lowest BCUT2D eigenvalue weighted by Crippen LogP contribution is -2.38. The molecule has 2 N–H and O–H groups in total. The van der Waals surface area contributed by atoms with Gasteiger partial charge in [0.15, 0.2) is 6.10 Å². The molecule has 6 heteroatoms. The van der Waals surface area contributed by atoms with Crippen molar-refractivity contribution in [1.82, 2.24) is 10.6 Å². The summed E-state index contributed by atoms with van der Waals surface area (Å²) in [6.07, 6.45) is 1.00. The molecular weight excluding hydrogens is 356 g/mol. The fourth-order valence-corrected chi connectivity index (χ4v) is 2.78. The van der Waals surface area contributed by atoms with Gasteiger partial charge in [-0.15, -0.1) is 0 Å². The van der Waals surface area contributed by atoms with Gasteiger partial charge in [0.1, 0.15) is 0 Å². The first-order valence-corrected chi connectivity index (χ1v) is 9.43. The van der Waals surface area contributed by atoms with Crippen LogP contribution in [-0.2, 0) is 14.3 Å². The van der Waals surface area contributed by atoms with Gasteiger partial charge < -0.3 is 15.4 Å². The minimum atomic E-state index is -0.866. The van der Waals surface area contributed by atoms with Crippen LogP contribution in [0.3, 0.4) is 0 Å². The van der Waals surface area contributed by atoms with Gasteiger partial charge in [0.05, 0.1) is 12.5 Å². The SMILES string of the molecule is C[C@@H](OC(=O)C[C@H](NC(=O)c1ccccc1)c1ccccc1)C(=O)NC1CC1. The Morgan fingerprint density at radius 3 is 2.21 bits per heavy atom. The van der Waals surface area contributed by atoms with Crippen LogP contribution in [-0.4, -0.2) is 29.9 Å². The third kappa shape index (κ3) is 5.67. The maximum atomic E-state index is 12.5. The fourth-order valence-electron chi connectivity index (χ4n) is 2.78. The number of amides is 2. The average Bonchev–Trinajstić information content (AvgIpc) is 3.52. The molecule has 0 unspecified atom stereocenters. The number of hydrogen-bond donors (Lipinski definition) is 2. The number of rotatable bonds is 8. The van der Waals surface area contributed by atoms with Crippen molar-refractivity contribution in [3.05, 3.63) is 71.8 Å². The van der Waals surface area contributed by atoms with E-state index >= 15 is 0 Å². The van der Waals surface area contributed by atoms with Gasteiger partial charge in [0, 0.05) is 11.6 Å². The maximum absolute atomic E-state index is 12.5. The molecule has 0 saturated heterocycles. The first kappa shape index (κ1) is 19.6. The molecule has 1 fully saturated rings. The first-order chi connectivity index (χ1) is 13.5. The second-order valence-electron chi connectivity index (χ2n) is 6.92. The standard InChI is InChI=1S/C22H24N2O4/c1-15(21(26)23-18-12-13-18)28-20(25)14-19(16-8-4-2-5-9-16)24-22(27)17-10-6-3-7-11-17/h2-11,15,18-19H,12-14H2,1H3,(H,23,26)(H,24,27)/t15-,19+/m1/s1. The zero-order chi connectivity index (χ0) is 19.9. The van der Waals surface area contributed by atoms with Crippen molar-refractivity contribution in [2.45, 2.75) is 44.4 Å². The van der Waals surface area contributed by atoms with Crippen LogP contribution in [0.1, 0.15) is 48.1 Å². The van der Waals surface area contributed by atoms with Crippen molar-refractivity contribution in [1.29, 1.82) is 0 Å². The van der Waals surface area contributed by atoms with Crippen LogP contribution in [0.2, 0.25) is 0 Å². The summed E-state index contributed by atoms with van der Waals surface area (Å²) in [5, 5.41) is 5.70. The Balaban J connectivity index is 1.64. The van der Waals surface area contributed by atoms with E-state index in [1.54, 1.807) is 31.2 Å². The smallest absolute Gasteiger partial charge is 0.309 e. The van der Waals surface area contributed by atoms with Gasteiger partial charge >= 0.3 is 5.97 Å². The van der Waals surface area contributed by atoms with E-state index in [0.29, 0.717) is 5.56 Å². The second-order valence-corrected chi connectivity index (χ2v) is 6.92. The lowest BCUT2D eigenvalue weighted by molar-refractivity contribution is -0.155. The Kier molecular flexibility index (Phi) is 6.42. The predicted octanol–water partition coefficient (Wildman–Crippen LogP) is 2.76. The molecule has 2 amide bonds.